The molecule has 0 spiro atoms. The molecule has 0 radical (unpaired) electrons. The van der Waals surface area contributed by atoms with Crippen molar-refractivity contribution in [2.45, 2.75) is 58.7 Å². The van der Waals surface area contributed by atoms with Crippen LogP contribution in [-0.4, -0.2) is 63.5 Å². The third kappa shape index (κ3) is 6.61. The molecule has 156 valence electrons. The van der Waals surface area contributed by atoms with Gasteiger partial charge in [-0.15, -0.1) is 0 Å². The Hall–Kier alpha value is -2.45. The Kier molecular flexibility index (Phi) is 8.14. The molecule has 2 rings (SSSR count). The third-order valence-electron chi connectivity index (χ3n) is 4.45. The molecular weight excluding hydrogens is 364 g/mol. The quantitative estimate of drug-likeness (QED) is 0.502. The molecule has 0 aromatic heterocycles. The first-order valence-corrected chi connectivity index (χ1v) is 9.04. The average molecular weight is 394 g/mol. The Morgan fingerprint density at radius 1 is 1.07 bits per heavy atom. The first kappa shape index (κ1) is 23.6. The van der Waals surface area contributed by atoms with Gasteiger partial charge in [0.1, 0.15) is 5.84 Å². The minimum Gasteiger partial charge on any atom is -0.479 e. The van der Waals surface area contributed by atoms with Gasteiger partial charge in [0.15, 0.2) is 12.2 Å². The van der Waals surface area contributed by atoms with Gasteiger partial charge in [-0.3, -0.25) is 4.99 Å². The van der Waals surface area contributed by atoms with E-state index < -0.39 is 24.1 Å². The number of carboxylic acids is 2. The molecule has 0 saturated heterocycles. The molecule has 0 amide bonds. The minimum atomic E-state index is -2.27. The molecule has 1 aromatic rings. The fourth-order valence-electron chi connectivity index (χ4n) is 2.71. The Balaban J connectivity index is 0.000000336. The molecule has 1 aliphatic heterocycles. The van der Waals surface area contributed by atoms with Crippen molar-refractivity contribution in [1.82, 2.24) is 5.32 Å². The van der Waals surface area contributed by atoms with Gasteiger partial charge in [-0.1, -0.05) is 32.9 Å². The second-order valence-corrected chi connectivity index (χ2v) is 7.84. The summed E-state index contributed by atoms with van der Waals surface area (Å²) in [6.45, 7) is 13.2. The van der Waals surface area contributed by atoms with Crippen LogP contribution >= 0.6 is 0 Å². The number of nitrogens with zero attached hydrogens (tertiary/aromatic N) is 1. The summed E-state index contributed by atoms with van der Waals surface area (Å²) in [5.74, 6) is -2.39. The van der Waals surface area contributed by atoms with Crippen molar-refractivity contribution in [2.24, 2.45) is 4.99 Å². The monoisotopic (exact) mass is 394 g/mol. The lowest BCUT2D eigenvalue weighted by Gasteiger charge is -2.22. The molecule has 0 bridgehead atoms. The summed E-state index contributed by atoms with van der Waals surface area (Å²) in [4.78, 5) is 24.0. The molecule has 1 aliphatic rings. The Bertz CT molecular complexity index is 711. The van der Waals surface area contributed by atoms with E-state index in [1.54, 1.807) is 0 Å². The van der Waals surface area contributed by atoms with E-state index >= 15 is 0 Å². The first-order chi connectivity index (χ1) is 12.8. The van der Waals surface area contributed by atoms with E-state index in [9.17, 15) is 9.59 Å². The zero-order valence-corrected chi connectivity index (χ0v) is 17.0. The van der Waals surface area contributed by atoms with Gasteiger partial charge < -0.3 is 25.7 Å². The van der Waals surface area contributed by atoms with Crippen LogP contribution in [0.3, 0.4) is 0 Å². The number of amidine groups is 1. The SMILES string of the molecule is Cc1cc(C(C)(C)C)cc(C)c1CC1=NCCN1.O=C(O)C(O)C(O)C(=O)O. The zero-order chi connectivity index (χ0) is 21.6. The van der Waals surface area contributed by atoms with Crippen LogP contribution in [0.4, 0.5) is 0 Å². The number of aliphatic hydroxyl groups excluding tert-OH is 2. The van der Waals surface area contributed by atoms with Gasteiger partial charge in [0.2, 0.25) is 0 Å². The lowest BCUT2D eigenvalue weighted by atomic mass is 9.83. The highest BCUT2D eigenvalue weighted by molar-refractivity contribution is 5.86. The van der Waals surface area contributed by atoms with E-state index in [0.29, 0.717) is 0 Å². The molecule has 1 aromatic carbocycles. The maximum absolute atomic E-state index is 9.77. The minimum absolute atomic E-state index is 0.219. The van der Waals surface area contributed by atoms with Gasteiger partial charge in [0.25, 0.3) is 0 Å². The number of carboxylic acid groups (broad SMARTS) is 2. The van der Waals surface area contributed by atoms with E-state index in [4.69, 9.17) is 20.4 Å². The van der Waals surface area contributed by atoms with Gasteiger partial charge in [0.05, 0.1) is 6.54 Å². The first-order valence-electron chi connectivity index (χ1n) is 9.04. The average Bonchev–Trinajstić information content (AvgIpc) is 3.09. The molecule has 0 aliphatic carbocycles. The highest BCUT2D eigenvalue weighted by Gasteiger charge is 2.29. The summed E-state index contributed by atoms with van der Waals surface area (Å²) >= 11 is 0. The molecule has 2 atom stereocenters. The van der Waals surface area contributed by atoms with Gasteiger partial charge in [-0.25, -0.2) is 9.59 Å². The largest absolute Gasteiger partial charge is 0.479 e. The Morgan fingerprint density at radius 2 is 1.54 bits per heavy atom. The van der Waals surface area contributed by atoms with Crippen molar-refractivity contribution >= 4 is 17.8 Å². The Morgan fingerprint density at radius 3 is 1.86 bits per heavy atom. The second-order valence-electron chi connectivity index (χ2n) is 7.84. The fraction of sp³-hybridized carbons (Fsp3) is 0.550. The summed E-state index contributed by atoms with van der Waals surface area (Å²) in [5, 5.41) is 35.9. The molecule has 0 saturated carbocycles. The van der Waals surface area contributed by atoms with Crippen LogP contribution in [0.5, 0.6) is 0 Å². The number of aliphatic hydroxyl groups is 2. The Labute approximate surface area is 164 Å². The molecule has 2 unspecified atom stereocenters. The number of rotatable bonds is 5. The van der Waals surface area contributed by atoms with Crippen molar-refractivity contribution in [3.63, 3.8) is 0 Å². The van der Waals surface area contributed by atoms with Crippen LogP contribution in [0, 0.1) is 13.8 Å². The predicted octanol–water partition coefficient (Wildman–Crippen LogP) is 1.02. The number of hydrogen-bond acceptors (Lipinski definition) is 6. The van der Waals surface area contributed by atoms with Crippen LogP contribution in [0.25, 0.3) is 0 Å². The number of hydrogen-bond donors (Lipinski definition) is 5. The van der Waals surface area contributed by atoms with Crippen LogP contribution in [-0.2, 0) is 21.4 Å². The van der Waals surface area contributed by atoms with E-state index in [1.165, 1.54) is 22.3 Å². The number of nitrogens with one attached hydrogen (secondary N) is 1. The summed E-state index contributed by atoms with van der Waals surface area (Å²) < 4.78 is 0. The summed E-state index contributed by atoms with van der Waals surface area (Å²) in [6, 6.07) is 4.66. The molecule has 28 heavy (non-hydrogen) atoms. The van der Waals surface area contributed by atoms with Crippen molar-refractivity contribution in [1.29, 1.82) is 0 Å². The molecule has 5 N–H and O–H groups in total. The summed E-state index contributed by atoms with van der Waals surface area (Å²) in [7, 11) is 0. The van der Waals surface area contributed by atoms with Crippen LogP contribution in [0.1, 0.15) is 43.0 Å². The molecule has 8 heteroatoms. The summed E-state index contributed by atoms with van der Waals surface area (Å²) in [6.07, 6.45) is -3.59. The molecule has 0 fully saturated rings. The van der Waals surface area contributed by atoms with Crippen molar-refractivity contribution in [3.05, 3.63) is 34.4 Å². The standard InChI is InChI=1S/C16H24N2.C4H6O6/c1-11-8-13(16(3,4)5)9-12(2)14(11)10-15-17-6-7-18-15;5-1(3(7)8)2(6)4(9)10/h8-9H,6-7,10H2,1-5H3,(H,17,18);1-2,5-6H,(H,7,8)(H,9,10). The lowest BCUT2D eigenvalue weighted by molar-refractivity contribution is -0.165. The number of benzene rings is 1. The van der Waals surface area contributed by atoms with Crippen LogP contribution < -0.4 is 5.32 Å². The number of carbonyl (C=O) groups is 2. The zero-order valence-electron chi connectivity index (χ0n) is 17.0. The van der Waals surface area contributed by atoms with Crippen LogP contribution in [0.15, 0.2) is 17.1 Å². The smallest absolute Gasteiger partial charge is 0.335 e. The maximum atomic E-state index is 9.77. The number of aryl methyl sites for hydroxylation is 2. The maximum Gasteiger partial charge on any atom is 0.335 e. The third-order valence-corrected chi connectivity index (χ3v) is 4.45. The van der Waals surface area contributed by atoms with Gasteiger partial charge >= 0.3 is 11.9 Å². The van der Waals surface area contributed by atoms with E-state index in [2.05, 4.69) is 57.1 Å². The molecule has 8 nitrogen and oxygen atoms in total. The number of aliphatic carboxylic acids is 2. The van der Waals surface area contributed by atoms with Gasteiger partial charge in [-0.2, -0.15) is 0 Å². The van der Waals surface area contributed by atoms with Gasteiger partial charge in [0, 0.05) is 13.0 Å². The van der Waals surface area contributed by atoms with E-state index in [0.717, 1.165) is 25.3 Å². The summed E-state index contributed by atoms with van der Waals surface area (Å²) in [5.41, 5.74) is 5.84. The predicted molar refractivity (Wildman–Crippen MR) is 106 cm³/mol. The van der Waals surface area contributed by atoms with E-state index in [-0.39, 0.29) is 5.41 Å². The molecule has 1 heterocycles. The highest BCUT2D eigenvalue weighted by atomic mass is 16.4. The lowest BCUT2D eigenvalue weighted by Crippen LogP contribution is -2.39. The van der Waals surface area contributed by atoms with Crippen molar-refractivity contribution < 1.29 is 30.0 Å². The molecular formula is C20H30N2O6. The van der Waals surface area contributed by atoms with Crippen LogP contribution in [0.2, 0.25) is 0 Å². The highest BCUT2D eigenvalue weighted by Crippen LogP contribution is 2.27. The van der Waals surface area contributed by atoms with Crippen molar-refractivity contribution in [3.8, 4) is 0 Å². The van der Waals surface area contributed by atoms with Crippen molar-refractivity contribution in [2.75, 3.05) is 13.1 Å². The second kappa shape index (κ2) is 9.66. The fourth-order valence-corrected chi connectivity index (χ4v) is 2.71. The van der Waals surface area contributed by atoms with E-state index in [1.807, 2.05) is 0 Å². The topological polar surface area (TPSA) is 139 Å². The van der Waals surface area contributed by atoms with Gasteiger partial charge in [-0.05, 0) is 41.5 Å². The number of aliphatic imine (C=N–C) groups is 1. The normalized spacial score (nSPS) is 15.6.